The fourth-order valence-corrected chi connectivity index (χ4v) is 3.28. The second-order valence-corrected chi connectivity index (χ2v) is 7.02. The lowest BCUT2D eigenvalue weighted by atomic mass is 10.2. The minimum absolute atomic E-state index is 0.236. The third-order valence-electron chi connectivity index (χ3n) is 4.91. The quantitative estimate of drug-likeness (QED) is 0.556. The van der Waals surface area contributed by atoms with E-state index in [1.54, 1.807) is 12.1 Å². The summed E-state index contributed by atoms with van der Waals surface area (Å²) in [5, 5.41) is 10.7. The average Bonchev–Trinajstić information content (AvgIpc) is 3.34. The van der Waals surface area contributed by atoms with E-state index < -0.39 is 0 Å². The molecule has 1 aliphatic rings. The molecule has 7 heteroatoms. The summed E-state index contributed by atoms with van der Waals surface area (Å²) in [6.07, 6.45) is 2.46. The van der Waals surface area contributed by atoms with E-state index in [2.05, 4.69) is 20.5 Å². The molecule has 0 bridgehead atoms. The standard InChI is InChI=1S/C20H19FN6/c1-12-22-16-8-9-18(23-19-10-17(25-26-19)14-4-5-14)24-20(16)27(12)11-13-2-6-15(21)7-3-13/h2-3,6-10,14H,4-5,11H2,1H3,(H2,23,24,25,26). The lowest BCUT2D eigenvalue weighted by Crippen LogP contribution is -2.04. The highest BCUT2D eigenvalue weighted by molar-refractivity contribution is 5.75. The van der Waals surface area contributed by atoms with Crippen molar-refractivity contribution in [1.82, 2.24) is 24.7 Å². The largest absolute Gasteiger partial charge is 0.323 e. The van der Waals surface area contributed by atoms with Crippen molar-refractivity contribution in [3.05, 3.63) is 65.4 Å². The van der Waals surface area contributed by atoms with E-state index >= 15 is 0 Å². The van der Waals surface area contributed by atoms with Crippen LogP contribution in [-0.4, -0.2) is 24.7 Å². The van der Waals surface area contributed by atoms with Crippen molar-refractivity contribution in [2.45, 2.75) is 32.2 Å². The Morgan fingerprint density at radius 1 is 1.11 bits per heavy atom. The van der Waals surface area contributed by atoms with Crippen LogP contribution in [0.5, 0.6) is 0 Å². The van der Waals surface area contributed by atoms with Crippen LogP contribution in [0.4, 0.5) is 16.0 Å². The van der Waals surface area contributed by atoms with Gasteiger partial charge in [0.15, 0.2) is 11.5 Å². The van der Waals surface area contributed by atoms with Crippen LogP contribution in [0.15, 0.2) is 42.5 Å². The molecule has 0 amide bonds. The van der Waals surface area contributed by atoms with Gasteiger partial charge in [-0.3, -0.25) is 5.10 Å². The van der Waals surface area contributed by atoms with Crippen LogP contribution >= 0.6 is 0 Å². The topological polar surface area (TPSA) is 71.4 Å². The maximum absolute atomic E-state index is 13.2. The lowest BCUT2D eigenvalue weighted by molar-refractivity contribution is 0.626. The molecule has 1 fully saturated rings. The Morgan fingerprint density at radius 3 is 2.70 bits per heavy atom. The van der Waals surface area contributed by atoms with Crippen molar-refractivity contribution in [2.24, 2.45) is 0 Å². The van der Waals surface area contributed by atoms with Crippen molar-refractivity contribution in [2.75, 3.05) is 5.32 Å². The molecular weight excluding hydrogens is 343 g/mol. The van der Waals surface area contributed by atoms with Gasteiger partial charge >= 0.3 is 0 Å². The number of hydrogen-bond acceptors (Lipinski definition) is 4. The second kappa shape index (κ2) is 6.19. The second-order valence-electron chi connectivity index (χ2n) is 7.02. The summed E-state index contributed by atoms with van der Waals surface area (Å²) in [5.41, 5.74) is 3.80. The molecule has 3 heterocycles. The number of imidazole rings is 1. The van der Waals surface area contributed by atoms with Gasteiger partial charge in [0.05, 0.1) is 6.54 Å². The molecule has 1 aliphatic carbocycles. The van der Waals surface area contributed by atoms with Gasteiger partial charge in [-0.15, -0.1) is 0 Å². The molecule has 4 aromatic rings. The summed E-state index contributed by atoms with van der Waals surface area (Å²) in [4.78, 5) is 9.32. The minimum Gasteiger partial charge on any atom is -0.323 e. The number of halogens is 1. The van der Waals surface area contributed by atoms with Crippen molar-refractivity contribution in [1.29, 1.82) is 0 Å². The Hall–Kier alpha value is -3.22. The van der Waals surface area contributed by atoms with Gasteiger partial charge in [-0.2, -0.15) is 5.10 Å². The monoisotopic (exact) mass is 362 g/mol. The molecule has 0 unspecified atom stereocenters. The molecule has 1 aromatic carbocycles. The predicted molar refractivity (Wildman–Crippen MR) is 102 cm³/mol. The number of nitrogens with zero attached hydrogens (tertiary/aromatic N) is 4. The predicted octanol–water partition coefficient (Wildman–Crippen LogP) is 4.27. The number of benzene rings is 1. The van der Waals surface area contributed by atoms with E-state index in [0.717, 1.165) is 34.2 Å². The van der Waals surface area contributed by atoms with Crippen molar-refractivity contribution in [3.8, 4) is 0 Å². The van der Waals surface area contributed by atoms with Crippen molar-refractivity contribution < 1.29 is 4.39 Å². The molecule has 2 N–H and O–H groups in total. The van der Waals surface area contributed by atoms with E-state index in [9.17, 15) is 4.39 Å². The Labute approximate surface area is 155 Å². The molecule has 0 aliphatic heterocycles. The van der Waals surface area contributed by atoms with Gasteiger partial charge in [-0.1, -0.05) is 12.1 Å². The first-order chi connectivity index (χ1) is 13.2. The van der Waals surface area contributed by atoms with E-state index in [4.69, 9.17) is 4.98 Å². The molecule has 5 rings (SSSR count). The fourth-order valence-electron chi connectivity index (χ4n) is 3.28. The Bertz CT molecular complexity index is 1110. The number of aromatic nitrogens is 5. The maximum Gasteiger partial charge on any atom is 0.162 e. The number of rotatable bonds is 5. The maximum atomic E-state index is 13.2. The van der Waals surface area contributed by atoms with Crippen LogP contribution in [0.3, 0.4) is 0 Å². The third-order valence-corrected chi connectivity index (χ3v) is 4.91. The Balaban J connectivity index is 1.45. The first kappa shape index (κ1) is 16.0. The number of pyridine rings is 1. The number of aryl methyl sites for hydroxylation is 1. The molecule has 0 saturated heterocycles. The van der Waals surface area contributed by atoms with Crippen LogP contribution in [0.2, 0.25) is 0 Å². The minimum atomic E-state index is -0.236. The van der Waals surface area contributed by atoms with E-state index in [1.165, 1.54) is 30.7 Å². The lowest BCUT2D eigenvalue weighted by Gasteiger charge is -2.08. The van der Waals surface area contributed by atoms with Crippen molar-refractivity contribution >= 4 is 22.8 Å². The summed E-state index contributed by atoms with van der Waals surface area (Å²) in [5.74, 6) is 2.75. The van der Waals surface area contributed by atoms with E-state index in [-0.39, 0.29) is 5.82 Å². The van der Waals surface area contributed by atoms with Crippen LogP contribution in [0.1, 0.15) is 35.8 Å². The first-order valence-corrected chi connectivity index (χ1v) is 9.06. The summed E-state index contributed by atoms with van der Waals surface area (Å²) in [6.45, 7) is 2.54. The van der Waals surface area contributed by atoms with Gasteiger partial charge in [0.2, 0.25) is 0 Å². The highest BCUT2D eigenvalue weighted by Crippen LogP contribution is 2.39. The molecule has 1 saturated carbocycles. The van der Waals surface area contributed by atoms with Gasteiger partial charge in [0.1, 0.15) is 23.0 Å². The van der Waals surface area contributed by atoms with Gasteiger partial charge in [0.25, 0.3) is 0 Å². The Kier molecular flexibility index (Phi) is 3.67. The van der Waals surface area contributed by atoms with Crippen LogP contribution < -0.4 is 5.32 Å². The highest BCUT2D eigenvalue weighted by Gasteiger charge is 2.25. The van der Waals surface area contributed by atoms with Gasteiger partial charge in [0, 0.05) is 17.7 Å². The van der Waals surface area contributed by atoms with Crippen LogP contribution in [-0.2, 0) is 6.54 Å². The van der Waals surface area contributed by atoms with Crippen LogP contribution in [0.25, 0.3) is 11.2 Å². The molecule has 0 radical (unpaired) electrons. The molecule has 0 spiro atoms. The number of nitrogens with one attached hydrogen (secondary N) is 2. The zero-order valence-electron chi connectivity index (χ0n) is 14.9. The normalized spacial score (nSPS) is 14.0. The van der Waals surface area contributed by atoms with E-state index in [1.807, 2.05) is 29.7 Å². The molecule has 6 nitrogen and oxygen atoms in total. The van der Waals surface area contributed by atoms with Gasteiger partial charge < -0.3 is 9.88 Å². The SMILES string of the molecule is Cc1nc2ccc(Nc3cc(C4CC4)[nH]n3)nc2n1Cc1ccc(F)cc1. The highest BCUT2D eigenvalue weighted by atomic mass is 19.1. The fraction of sp³-hybridized carbons (Fsp3) is 0.250. The number of fused-ring (bicyclic) bond motifs is 1. The molecule has 27 heavy (non-hydrogen) atoms. The number of aromatic amines is 1. The Morgan fingerprint density at radius 2 is 1.93 bits per heavy atom. The summed E-state index contributed by atoms with van der Waals surface area (Å²) < 4.78 is 15.2. The molecule has 0 atom stereocenters. The summed E-state index contributed by atoms with van der Waals surface area (Å²) in [6, 6.07) is 12.4. The average molecular weight is 362 g/mol. The molecule has 3 aromatic heterocycles. The smallest absolute Gasteiger partial charge is 0.162 e. The number of anilines is 2. The number of hydrogen-bond donors (Lipinski definition) is 2. The first-order valence-electron chi connectivity index (χ1n) is 9.06. The van der Waals surface area contributed by atoms with Crippen molar-refractivity contribution in [3.63, 3.8) is 0 Å². The van der Waals surface area contributed by atoms with Gasteiger partial charge in [-0.05, 0) is 49.6 Å². The van der Waals surface area contributed by atoms with E-state index in [0.29, 0.717) is 12.5 Å². The molecular formula is C20H19FN6. The molecule has 136 valence electrons. The zero-order chi connectivity index (χ0) is 18.4. The zero-order valence-corrected chi connectivity index (χ0v) is 14.9. The summed E-state index contributed by atoms with van der Waals surface area (Å²) >= 11 is 0. The summed E-state index contributed by atoms with van der Waals surface area (Å²) in [7, 11) is 0. The number of H-pyrrole nitrogens is 1. The van der Waals surface area contributed by atoms with Crippen LogP contribution in [0, 0.1) is 12.7 Å². The van der Waals surface area contributed by atoms with Gasteiger partial charge in [-0.25, -0.2) is 14.4 Å². The third kappa shape index (κ3) is 3.16.